The van der Waals surface area contributed by atoms with Crippen molar-refractivity contribution in [2.24, 2.45) is 11.3 Å². The van der Waals surface area contributed by atoms with E-state index in [-0.39, 0.29) is 5.41 Å². The van der Waals surface area contributed by atoms with E-state index in [1.54, 1.807) is 7.11 Å². The topological polar surface area (TPSA) is 29.5 Å². The number of methoxy groups -OCH3 is 1. The summed E-state index contributed by atoms with van der Waals surface area (Å²) < 4.78 is 5.12. The molecule has 0 amide bonds. The molecule has 0 fully saturated rings. The van der Waals surface area contributed by atoms with E-state index in [0.29, 0.717) is 12.5 Å². The molecule has 0 saturated carbocycles. The van der Waals surface area contributed by atoms with E-state index >= 15 is 0 Å². The summed E-state index contributed by atoms with van der Waals surface area (Å²) in [6.45, 7) is 7.75. The van der Waals surface area contributed by atoms with E-state index < -0.39 is 0 Å². The van der Waals surface area contributed by atoms with E-state index in [9.17, 15) is 5.11 Å². The highest BCUT2D eigenvalue weighted by molar-refractivity contribution is 4.82. The molecule has 0 radical (unpaired) electrons. The number of ether oxygens (including phenoxy) is 1. The van der Waals surface area contributed by atoms with Crippen LogP contribution >= 0.6 is 0 Å². The molecule has 0 bridgehead atoms. The van der Waals surface area contributed by atoms with Gasteiger partial charge in [-0.05, 0) is 30.6 Å². The third-order valence-corrected chi connectivity index (χ3v) is 3.85. The first kappa shape index (κ1) is 14.9. The zero-order chi connectivity index (χ0) is 11.7. The van der Waals surface area contributed by atoms with Gasteiger partial charge in [-0.25, -0.2) is 0 Å². The minimum Gasteiger partial charge on any atom is -0.396 e. The van der Waals surface area contributed by atoms with Crippen LogP contribution in [0.1, 0.15) is 52.9 Å². The third-order valence-electron chi connectivity index (χ3n) is 3.85. The van der Waals surface area contributed by atoms with Crippen molar-refractivity contribution in [3.05, 3.63) is 0 Å². The Balaban J connectivity index is 4.30. The van der Waals surface area contributed by atoms with Crippen molar-refractivity contribution in [3.8, 4) is 0 Å². The van der Waals surface area contributed by atoms with Crippen molar-refractivity contribution in [3.63, 3.8) is 0 Å². The first-order valence-corrected chi connectivity index (χ1v) is 6.26. The van der Waals surface area contributed by atoms with Crippen LogP contribution in [-0.4, -0.2) is 25.4 Å². The van der Waals surface area contributed by atoms with E-state index in [4.69, 9.17) is 4.74 Å². The van der Waals surface area contributed by atoms with E-state index in [2.05, 4.69) is 20.8 Å². The number of aliphatic hydroxyl groups excluding tert-OH is 1. The number of rotatable bonds is 9. The molecule has 0 saturated heterocycles. The maximum absolute atomic E-state index is 9.63. The minimum absolute atomic E-state index is 0.120. The van der Waals surface area contributed by atoms with Crippen molar-refractivity contribution < 1.29 is 9.84 Å². The fourth-order valence-corrected chi connectivity index (χ4v) is 2.25. The zero-order valence-electron chi connectivity index (χ0n) is 10.9. The second-order valence-corrected chi connectivity index (χ2v) is 4.66. The van der Waals surface area contributed by atoms with Crippen LogP contribution in [0.2, 0.25) is 0 Å². The van der Waals surface area contributed by atoms with Gasteiger partial charge in [0, 0.05) is 20.3 Å². The van der Waals surface area contributed by atoms with Gasteiger partial charge in [-0.15, -0.1) is 0 Å². The summed E-state index contributed by atoms with van der Waals surface area (Å²) in [5.74, 6) is 0.541. The summed E-state index contributed by atoms with van der Waals surface area (Å²) in [5.41, 5.74) is 0.120. The standard InChI is InChI=1S/C13H28O2/c1-5-7-9-13(6-2,11-14)12(3)8-10-15-4/h12,14H,5-11H2,1-4H3. The van der Waals surface area contributed by atoms with Crippen molar-refractivity contribution in [1.82, 2.24) is 0 Å². The molecule has 92 valence electrons. The summed E-state index contributed by atoms with van der Waals surface area (Å²) in [4.78, 5) is 0. The zero-order valence-corrected chi connectivity index (χ0v) is 10.9. The Morgan fingerprint density at radius 1 is 1.33 bits per heavy atom. The number of hydrogen-bond donors (Lipinski definition) is 1. The van der Waals surface area contributed by atoms with Gasteiger partial charge in [0.2, 0.25) is 0 Å². The summed E-state index contributed by atoms with van der Waals surface area (Å²) in [7, 11) is 1.74. The minimum atomic E-state index is 0.120. The highest BCUT2D eigenvalue weighted by atomic mass is 16.5. The van der Waals surface area contributed by atoms with Crippen molar-refractivity contribution in [1.29, 1.82) is 0 Å². The lowest BCUT2D eigenvalue weighted by Gasteiger charge is -2.37. The SMILES string of the molecule is CCCCC(CC)(CO)C(C)CCOC. The molecule has 2 unspecified atom stereocenters. The molecule has 0 aliphatic carbocycles. The smallest absolute Gasteiger partial charge is 0.0489 e. The Morgan fingerprint density at radius 2 is 2.00 bits per heavy atom. The lowest BCUT2D eigenvalue weighted by molar-refractivity contribution is 0.0354. The monoisotopic (exact) mass is 216 g/mol. The summed E-state index contributed by atoms with van der Waals surface area (Å²) in [6.07, 6.45) is 5.68. The Morgan fingerprint density at radius 3 is 2.40 bits per heavy atom. The normalized spacial score (nSPS) is 17.4. The van der Waals surface area contributed by atoms with E-state index in [1.807, 2.05) is 0 Å². The molecular formula is C13H28O2. The second kappa shape index (κ2) is 8.12. The average molecular weight is 216 g/mol. The van der Waals surface area contributed by atoms with Gasteiger partial charge in [-0.2, -0.15) is 0 Å². The van der Waals surface area contributed by atoms with E-state index in [0.717, 1.165) is 25.9 Å². The molecule has 0 aromatic heterocycles. The highest BCUT2D eigenvalue weighted by Crippen LogP contribution is 2.38. The molecule has 0 aliphatic heterocycles. The fraction of sp³-hybridized carbons (Fsp3) is 1.00. The van der Waals surface area contributed by atoms with Gasteiger partial charge < -0.3 is 9.84 Å². The lowest BCUT2D eigenvalue weighted by atomic mass is 9.70. The average Bonchev–Trinajstić information content (AvgIpc) is 2.28. The van der Waals surface area contributed by atoms with Gasteiger partial charge >= 0.3 is 0 Å². The first-order chi connectivity index (χ1) is 7.16. The summed E-state index contributed by atoms with van der Waals surface area (Å²) >= 11 is 0. The molecule has 0 aromatic carbocycles. The molecule has 0 spiro atoms. The molecule has 0 aromatic rings. The van der Waals surface area contributed by atoms with Crippen LogP contribution in [0.5, 0.6) is 0 Å². The molecule has 1 N–H and O–H groups in total. The Bertz CT molecular complexity index is 141. The van der Waals surface area contributed by atoms with Gasteiger partial charge in [-0.3, -0.25) is 0 Å². The van der Waals surface area contributed by atoms with Crippen molar-refractivity contribution >= 4 is 0 Å². The van der Waals surface area contributed by atoms with Crippen molar-refractivity contribution in [2.75, 3.05) is 20.3 Å². The molecule has 15 heavy (non-hydrogen) atoms. The predicted octanol–water partition coefficient (Wildman–Crippen LogP) is 3.24. The van der Waals surface area contributed by atoms with Crippen LogP contribution < -0.4 is 0 Å². The van der Waals surface area contributed by atoms with Crippen molar-refractivity contribution in [2.45, 2.75) is 52.9 Å². The Labute approximate surface area is 95.0 Å². The largest absolute Gasteiger partial charge is 0.396 e. The molecule has 2 atom stereocenters. The molecule has 0 heterocycles. The molecule has 2 heteroatoms. The number of unbranched alkanes of at least 4 members (excludes halogenated alkanes) is 1. The number of hydrogen-bond acceptors (Lipinski definition) is 2. The summed E-state index contributed by atoms with van der Waals surface area (Å²) in [6, 6.07) is 0. The number of aliphatic hydroxyl groups is 1. The van der Waals surface area contributed by atoms with Crippen LogP contribution in [0.15, 0.2) is 0 Å². The fourth-order valence-electron chi connectivity index (χ4n) is 2.25. The molecule has 0 rings (SSSR count). The van der Waals surface area contributed by atoms with Crippen LogP contribution in [0.3, 0.4) is 0 Å². The maximum Gasteiger partial charge on any atom is 0.0489 e. The van der Waals surface area contributed by atoms with Crippen LogP contribution in [-0.2, 0) is 4.74 Å². The van der Waals surface area contributed by atoms with Gasteiger partial charge in [0.25, 0.3) is 0 Å². The van der Waals surface area contributed by atoms with Crippen LogP contribution in [0, 0.1) is 11.3 Å². The van der Waals surface area contributed by atoms with Crippen LogP contribution in [0.25, 0.3) is 0 Å². The lowest BCUT2D eigenvalue weighted by Crippen LogP contribution is -2.33. The molecule has 2 nitrogen and oxygen atoms in total. The molecule has 0 aliphatic rings. The van der Waals surface area contributed by atoms with Gasteiger partial charge in [-0.1, -0.05) is 33.6 Å². The quantitative estimate of drug-likeness (QED) is 0.641. The predicted molar refractivity (Wildman–Crippen MR) is 65.0 cm³/mol. The highest BCUT2D eigenvalue weighted by Gasteiger charge is 2.32. The summed E-state index contributed by atoms with van der Waals surface area (Å²) in [5, 5.41) is 9.63. The van der Waals surface area contributed by atoms with E-state index in [1.165, 1.54) is 12.8 Å². The second-order valence-electron chi connectivity index (χ2n) is 4.66. The van der Waals surface area contributed by atoms with Gasteiger partial charge in [0.1, 0.15) is 0 Å². The third kappa shape index (κ3) is 4.52. The van der Waals surface area contributed by atoms with Crippen LogP contribution in [0.4, 0.5) is 0 Å². The van der Waals surface area contributed by atoms with Gasteiger partial charge in [0.15, 0.2) is 0 Å². The Kier molecular flexibility index (Phi) is 8.07. The Hall–Kier alpha value is -0.0800. The van der Waals surface area contributed by atoms with Gasteiger partial charge in [0.05, 0.1) is 0 Å². The maximum atomic E-state index is 9.63. The molecular weight excluding hydrogens is 188 g/mol. The first-order valence-electron chi connectivity index (χ1n) is 6.26.